The van der Waals surface area contributed by atoms with E-state index in [9.17, 15) is 14.9 Å². The lowest BCUT2D eigenvalue weighted by molar-refractivity contribution is -0.384. The highest BCUT2D eigenvalue weighted by atomic mass is 32.1. The lowest BCUT2D eigenvalue weighted by atomic mass is 10.2. The highest BCUT2D eigenvalue weighted by Crippen LogP contribution is 2.19. The summed E-state index contributed by atoms with van der Waals surface area (Å²) in [6, 6.07) is 6.24. The SMILES string of the molecule is CC(C)C(=O)Nc1nc(C=Cc2ccc([N+](=O)[O-])cc2)cs1. The number of nitrogens with zero attached hydrogens (tertiary/aromatic N) is 2. The molecule has 7 heteroatoms. The third-order valence-electron chi connectivity index (χ3n) is 2.83. The van der Waals surface area contributed by atoms with Gasteiger partial charge in [0, 0.05) is 23.4 Å². The summed E-state index contributed by atoms with van der Waals surface area (Å²) < 4.78 is 0. The van der Waals surface area contributed by atoms with Crippen molar-refractivity contribution in [3.63, 3.8) is 0 Å². The van der Waals surface area contributed by atoms with Gasteiger partial charge in [0.1, 0.15) is 0 Å². The molecule has 0 bridgehead atoms. The van der Waals surface area contributed by atoms with Crippen LogP contribution in [0.15, 0.2) is 29.6 Å². The van der Waals surface area contributed by atoms with Crippen molar-refractivity contribution in [2.45, 2.75) is 13.8 Å². The Labute approximate surface area is 131 Å². The molecule has 0 saturated carbocycles. The number of thiazole rings is 1. The molecule has 1 aromatic carbocycles. The summed E-state index contributed by atoms with van der Waals surface area (Å²) in [4.78, 5) is 26.0. The number of hydrogen-bond donors (Lipinski definition) is 1. The molecule has 0 aliphatic carbocycles. The van der Waals surface area contributed by atoms with Gasteiger partial charge in [-0.1, -0.05) is 19.9 Å². The second-order valence-electron chi connectivity index (χ2n) is 4.90. The van der Waals surface area contributed by atoms with Crippen LogP contribution in [-0.4, -0.2) is 15.8 Å². The van der Waals surface area contributed by atoms with E-state index in [1.54, 1.807) is 18.2 Å². The Kier molecular flexibility index (Phi) is 5.00. The van der Waals surface area contributed by atoms with Crippen LogP contribution in [0.2, 0.25) is 0 Å². The summed E-state index contributed by atoms with van der Waals surface area (Å²) in [7, 11) is 0. The van der Waals surface area contributed by atoms with Crippen molar-refractivity contribution in [2.75, 3.05) is 5.32 Å². The molecule has 0 radical (unpaired) electrons. The van der Waals surface area contributed by atoms with E-state index in [2.05, 4.69) is 10.3 Å². The number of anilines is 1. The number of nitrogens with one attached hydrogen (secondary N) is 1. The molecule has 0 fully saturated rings. The topological polar surface area (TPSA) is 85.1 Å². The van der Waals surface area contributed by atoms with Crippen molar-refractivity contribution in [1.82, 2.24) is 4.98 Å². The van der Waals surface area contributed by atoms with E-state index < -0.39 is 4.92 Å². The minimum Gasteiger partial charge on any atom is -0.302 e. The van der Waals surface area contributed by atoms with Gasteiger partial charge in [0.15, 0.2) is 5.13 Å². The molecule has 1 N–H and O–H groups in total. The number of nitro benzene ring substituents is 1. The molecule has 0 aliphatic heterocycles. The first-order chi connectivity index (χ1) is 10.5. The Morgan fingerprint density at radius 3 is 2.59 bits per heavy atom. The van der Waals surface area contributed by atoms with E-state index in [1.807, 2.05) is 25.3 Å². The lowest BCUT2D eigenvalue weighted by Crippen LogP contribution is -2.17. The van der Waals surface area contributed by atoms with Gasteiger partial charge >= 0.3 is 0 Å². The Morgan fingerprint density at radius 2 is 2.00 bits per heavy atom. The summed E-state index contributed by atoms with van der Waals surface area (Å²) in [5, 5.41) is 15.7. The molecule has 22 heavy (non-hydrogen) atoms. The predicted molar refractivity (Wildman–Crippen MR) is 87.6 cm³/mol. The first kappa shape index (κ1) is 15.8. The zero-order chi connectivity index (χ0) is 16.1. The van der Waals surface area contributed by atoms with Crippen molar-refractivity contribution >= 4 is 40.2 Å². The molecule has 2 aromatic rings. The van der Waals surface area contributed by atoms with Crippen LogP contribution in [0.3, 0.4) is 0 Å². The van der Waals surface area contributed by atoms with Gasteiger partial charge in [0.25, 0.3) is 5.69 Å². The van der Waals surface area contributed by atoms with Crippen molar-refractivity contribution in [3.8, 4) is 0 Å². The number of nitro groups is 1. The zero-order valence-electron chi connectivity index (χ0n) is 12.1. The minimum atomic E-state index is -0.433. The van der Waals surface area contributed by atoms with Gasteiger partial charge in [-0.3, -0.25) is 14.9 Å². The number of hydrogen-bond acceptors (Lipinski definition) is 5. The van der Waals surface area contributed by atoms with Crippen LogP contribution in [0.5, 0.6) is 0 Å². The van der Waals surface area contributed by atoms with Gasteiger partial charge in [-0.15, -0.1) is 11.3 Å². The second-order valence-corrected chi connectivity index (χ2v) is 5.76. The van der Waals surface area contributed by atoms with Gasteiger partial charge in [-0.05, 0) is 23.8 Å². The van der Waals surface area contributed by atoms with Crippen LogP contribution in [0.1, 0.15) is 25.1 Å². The van der Waals surface area contributed by atoms with Crippen LogP contribution in [0.25, 0.3) is 12.2 Å². The minimum absolute atomic E-state index is 0.0597. The van der Waals surface area contributed by atoms with Crippen molar-refractivity contribution in [3.05, 3.63) is 51.0 Å². The number of benzene rings is 1. The third-order valence-corrected chi connectivity index (χ3v) is 3.60. The number of non-ortho nitro benzene ring substituents is 1. The highest BCUT2D eigenvalue weighted by molar-refractivity contribution is 7.14. The summed E-state index contributed by atoms with van der Waals surface area (Å²) in [6.45, 7) is 3.64. The Hall–Kier alpha value is -2.54. The van der Waals surface area contributed by atoms with Gasteiger partial charge in [0.2, 0.25) is 5.91 Å². The van der Waals surface area contributed by atoms with Crippen LogP contribution >= 0.6 is 11.3 Å². The third kappa shape index (κ3) is 4.23. The molecule has 0 spiro atoms. The first-order valence-corrected chi connectivity index (χ1v) is 7.52. The van der Waals surface area contributed by atoms with E-state index >= 15 is 0 Å². The van der Waals surface area contributed by atoms with E-state index in [0.717, 1.165) is 11.3 Å². The standard InChI is InChI=1S/C15H15N3O3S/c1-10(2)14(19)17-15-16-12(9-22-15)6-3-11-4-7-13(8-5-11)18(20)21/h3-10H,1-2H3,(H,16,17,19). The normalized spacial score (nSPS) is 11.0. The summed E-state index contributed by atoms with van der Waals surface area (Å²) in [5.74, 6) is -0.164. The van der Waals surface area contributed by atoms with E-state index in [4.69, 9.17) is 0 Å². The van der Waals surface area contributed by atoms with Gasteiger partial charge in [0.05, 0.1) is 10.6 Å². The fourth-order valence-corrected chi connectivity index (χ4v) is 2.24. The molecule has 0 aliphatic rings. The van der Waals surface area contributed by atoms with E-state index in [-0.39, 0.29) is 17.5 Å². The summed E-state index contributed by atoms with van der Waals surface area (Å²) in [6.07, 6.45) is 3.61. The summed E-state index contributed by atoms with van der Waals surface area (Å²) >= 11 is 1.35. The quantitative estimate of drug-likeness (QED) is 0.671. The number of carbonyl (C=O) groups is 1. The molecule has 0 atom stereocenters. The molecular weight excluding hydrogens is 302 g/mol. The van der Waals surface area contributed by atoms with Crippen LogP contribution in [0, 0.1) is 16.0 Å². The molecule has 6 nitrogen and oxygen atoms in total. The molecule has 0 unspecified atom stereocenters. The molecular formula is C15H15N3O3S. The maximum Gasteiger partial charge on any atom is 0.269 e. The molecule has 2 rings (SSSR count). The van der Waals surface area contributed by atoms with Crippen LogP contribution < -0.4 is 5.32 Å². The summed E-state index contributed by atoms with van der Waals surface area (Å²) in [5.41, 5.74) is 1.62. The molecule has 1 aromatic heterocycles. The van der Waals surface area contributed by atoms with Crippen molar-refractivity contribution < 1.29 is 9.72 Å². The Morgan fingerprint density at radius 1 is 1.32 bits per heavy atom. The molecule has 0 saturated heterocycles. The number of amides is 1. The maximum atomic E-state index is 11.6. The average Bonchev–Trinajstić information content (AvgIpc) is 2.93. The van der Waals surface area contributed by atoms with Gasteiger partial charge < -0.3 is 5.32 Å². The lowest BCUT2D eigenvalue weighted by Gasteiger charge is -2.02. The predicted octanol–water partition coefficient (Wildman–Crippen LogP) is 3.82. The monoisotopic (exact) mass is 317 g/mol. The average molecular weight is 317 g/mol. The van der Waals surface area contributed by atoms with Gasteiger partial charge in [-0.2, -0.15) is 0 Å². The van der Waals surface area contributed by atoms with Gasteiger partial charge in [-0.25, -0.2) is 4.98 Å². The first-order valence-electron chi connectivity index (χ1n) is 6.64. The highest BCUT2D eigenvalue weighted by Gasteiger charge is 2.09. The van der Waals surface area contributed by atoms with Crippen LogP contribution in [-0.2, 0) is 4.79 Å². The number of aromatic nitrogens is 1. The second kappa shape index (κ2) is 6.95. The van der Waals surface area contributed by atoms with Crippen molar-refractivity contribution in [2.24, 2.45) is 5.92 Å². The molecule has 114 valence electrons. The maximum absolute atomic E-state index is 11.6. The number of rotatable bonds is 5. The smallest absolute Gasteiger partial charge is 0.269 e. The molecule has 1 amide bonds. The Balaban J connectivity index is 2.03. The van der Waals surface area contributed by atoms with Crippen LogP contribution in [0.4, 0.5) is 10.8 Å². The van der Waals surface area contributed by atoms with E-state index in [1.165, 1.54) is 23.5 Å². The zero-order valence-corrected chi connectivity index (χ0v) is 13.0. The van der Waals surface area contributed by atoms with Crippen molar-refractivity contribution in [1.29, 1.82) is 0 Å². The fraction of sp³-hybridized carbons (Fsp3) is 0.200. The fourth-order valence-electron chi connectivity index (χ4n) is 1.56. The number of carbonyl (C=O) groups excluding carboxylic acids is 1. The van der Waals surface area contributed by atoms with E-state index in [0.29, 0.717) is 5.13 Å². The largest absolute Gasteiger partial charge is 0.302 e. The molecule has 1 heterocycles. The Bertz CT molecular complexity index is 705.